The lowest BCUT2D eigenvalue weighted by atomic mass is 10.1. The van der Waals surface area contributed by atoms with E-state index in [9.17, 15) is 0 Å². The Kier molecular flexibility index (Phi) is 14.0. The van der Waals surface area contributed by atoms with Crippen LogP contribution in [-0.4, -0.2) is 12.7 Å². The Balaban J connectivity index is 2.94. The van der Waals surface area contributed by atoms with Crippen LogP contribution in [0.25, 0.3) is 0 Å². The molecule has 17 heavy (non-hydrogen) atoms. The number of hydrogen-bond acceptors (Lipinski definition) is 1. The summed E-state index contributed by atoms with van der Waals surface area (Å²) >= 11 is 0. The van der Waals surface area contributed by atoms with E-state index >= 15 is 0 Å². The van der Waals surface area contributed by atoms with Gasteiger partial charge in [-0.1, -0.05) is 71.6 Å². The van der Waals surface area contributed by atoms with Gasteiger partial charge in [-0.3, -0.25) is 0 Å². The Hall–Kier alpha value is -0.0400. The third-order valence-electron chi connectivity index (χ3n) is 3.31. The van der Waals surface area contributed by atoms with Crippen LogP contribution in [0.4, 0.5) is 0 Å². The highest BCUT2D eigenvalue weighted by Gasteiger charge is 1.97. The molecule has 1 radical (unpaired) electrons. The predicted molar refractivity (Wildman–Crippen MR) is 77.2 cm³/mol. The van der Waals surface area contributed by atoms with E-state index in [1.54, 1.807) is 0 Å². The molecule has 0 amide bonds. The van der Waals surface area contributed by atoms with Gasteiger partial charge in [0.05, 0.1) is 6.10 Å². The Labute approximate surface area is 109 Å². The summed E-state index contributed by atoms with van der Waals surface area (Å²) in [6.07, 6.45) is 15.1. The van der Waals surface area contributed by atoms with E-state index in [4.69, 9.17) is 4.74 Å². The second kappa shape index (κ2) is 14.0. The fourth-order valence-corrected chi connectivity index (χ4v) is 1.96. The maximum Gasteiger partial charge on any atom is 0.0547 e. The van der Waals surface area contributed by atoms with Gasteiger partial charge in [0.15, 0.2) is 0 Å². The number of unbranched alkanes of at least 4 members (excludes halogenated alkanes) is 9. The molecule has 0 bridgehead atoms. The molecule has 103 valence electrons. The summed E-state index contributed by atoms with van der Waals surface area (Å²) < 4.78 is 5.60. The summed E-state index contributed by atoms with van der Waals surface area (Å²) in [5.74, 6) is 0. The van der Waals surface area contributed by atoms with Crippen LogP contribution in [0.5, 0.6) is 0 Å². The highest BCUT2D eigenvalue weighted by atomic mass is 16.5. The first-order chi connectivity index (χ1) is 8.31. The summed E-state index contributed by atoms with van der Waals surface area (Å²) in [6, 6.07) is 0. The zero-order valence-corrected chi connectivity index (χ0v) is 12.2. The van der Waals surface area contributed by atoms with Crippen LogP contribution in [0, 0.1) is 6.92 Å². The molecule has 0 fully saturated rings. The lowest BCUT2D eigenvalue weighted by Gasteiger charge is -2.09. The van der Waals surface area contributed by atoms with Crippen LogP contribution in [0.3, 0.4) is 0 Å². The first kappa shape index (κ1) is 17.0. The zero-order chi connectivity index (χ0) is 12.8. The molecule has 0 aliphatic rings. The summed E-state index contributed by atoms with van der Waals surface area (Å²) in [7, 11) is 0. The van der Waals surface area contributed by atoms with E-state index in [-0.39, 0.29) is 0 Å². The Morgan fingerprint density at radius 2 is 1.29 bits per heavy atom. The third kappa shape index (κ3) is 13.9. The molecule has 0 aromatic rings. The van der Waals surface area contributed by atoms with Gasteiger partial charge in [-0.25, -0.2) is 0 Å². The van der Waals surface area contributed by atoms with Crippen molar-refractivity contribution in [3.63, 3.8) is 0 Å². The Bertz CT molecular complexity index is 133. The third-order valence-corrected chi connectivity index (χ3v) is 3.31. The molecule has 0 heterocycles. The number of hydrogen-bond donors (Lipinski definition) is 0. The molecule has 0 saturated carbocycles. The van der Waals surface area contributed by atoms with E-state index in [0.29, 0.717) is 6.10 Å². The van der Waals surface area contributed by atoms with Crippen LogP contribution in [0.2, 0.25) is 0 Å². The average molecular weight is 241 g/mol. The van der Waals surface area contributed by atoms with Crippen LogP contribution in [-0.2, 0) is 4.74 Å². The molecular formula is C16H33O. The molecule has 0 aromatic heterocycles. The molecule has 1 atom stereocenters. The highest BCUT2D eigenvalue weighted by molar-refractivity contribution is 4.51. The molecule has 1 heteroatoms. The monoisotopic (exact) mass is 241 g/mol. The SMILES string of the molecule is [CH2]CC(C)OCCCCCCCCCCCC. The van der Waals surface area contributed by atoms with Crippen LogP contribution >= 0.6 is 0 Å². The smallest absolute Gasteiger partial charge is 0.0547 e. The van der Waals surface area contributed by atoms with Gasteiger partial charge in [0, 0.05) is 6.61 Å². The molecule has 0 spiro atoms. The minimum absolute atomic E-state index is 0.341. The summed E-state index contributed by atoms with van der Waals surface area (Å²) in [5.41, 5.74) is 0. The minimum atomic E-state index is 0.341. The lowest BCUT2D eigenvalue weighted by Crippen LogP contribution is -2.07. The summed E-state index contributed by atoms with van der Waals surface area (Å²) in [4.78, 5) is 0. The maximum atomic E-state index is 5.60. The van der Waals surface area contributed by atoms with Crippen LogP contribution in [0.15, 0.2) is 0 Å². The van der Waals surface area contributed by atoms with Crippen molar-refractivity contribution in [2.24, 2.45) is 0 Å². The quantitative estimate of drug-likeness (QED) is 0.385. The van der Waals surface area contributed by atoms with Gasteiger partial charge in [0.1, 0.15) is 0 Å². The predicted octanol–water partition coefficient (Wildman–Crippen LogP) is 5.54. The summed E-state index contributed by atoms with van der Waals surface area (Å²) in [5, 5.41) is 0. The average Bonchev–Trinajstić information content (AvgIpc) is 2.35. The van der Waals surface area contributed by atoms with E-state index < -0.39 is 0 Å². The van der Waals surface area contributed by atoms with Gasteiger partial charge in [0.2, 0.25) is 0 Å². The van der Waals surface area contributed by atoms with Gasteiger partial charge in [-0.05, 0) is 19.8 Å². The van der Waals surface area contributed by atoms with Crippen molar-refractivity contribution in [1.29, 1.82) is 0 Å². The molecule has 0 aromatic carbocycles. The van der Waals surface area contributed by atoms with Gasteiger partial charge < -0.3 is 4.74 Å². The Morgan fingerprint density at radius 1 is 0.824 bits per heavy atom. The molecule has 0 saturated heterocycles. The summed E-state index contributed by atoms with van der Waals surface area (Å²) in [6.45, 7) is 9.13. The second-order valence-corrected chi connectivity index (χ2v) is 5.15. The lowest BCUT2D eigenvalue weighted by molar-refractivity contribution is 0.0648. The van der Waals surface area contributed by atoms with Crippen molar-refractivity contribution < 1.29 is 4.74 Å². The zero-order valence-electron chi connectivity index (χ0n) is 12.2. The van der Waals surface area contributed by atoms with Crippen molar-refractivity contribution in [2.75, 3.05) is 6.61 Å². The van der Waals surface area contributed by atoms with E-state index in [2.05, 4.69) is 20.8 Å². The standard InChI is InChI=1S/C16H33O/c1-4-6-7-8-9-10-11-12-13-14-15-17-16(3)5-2/h16H,2,4-15H2,1,3H3. The van der Waals surface area contributed by atoms with Crippen molar-refractivity contribution in [2.45, 2.75) is 90.6 Å². The molecule has 1 nitrogen and oxygen atoms in total. The van der Waals surface area contributed by atoms with Crippen molar-refractivity contribution in [3.05, 3.63) is 6.92 Å². The highest BCUT2D eigenvalue weighted by Crippen LogP contribution is 2.10. The van der Waals surface area contributed by atoms with Crippen molar-refractivity contribution >= 4 is 0 Å². The first-order valence-electron chi connectivity index (χ1n) is 7.72. The first-order valence-corrected chi connectivity index (χ1v) is 7.72. The van der Waals surface area contributed by atoms with Gasteiger partial charge in [0.25, 0.3) is 0 Å². The molecular weight excluding hydrogens is 208 g/mol. The fourth-order valence-electron chi connectivity index (χ4n) is 1.96. The van der Waals surface area contributed by atoms with Crippen LogP contribution < -0.4 is 0 Å². The van der Waals surface area contributed by atoms with E-state index in [1.165, 1.54) is 64.2 Å². The Morgan fingerprint density at radius 3 is 1.76 bits per heavy atom. The minimum Gasteiger partial charge on any atom is -0.379 e. The van der Waals surface area contributed by atoms with Gasteiger partial charge in [-0.15, -0.1) is 0 Å². The molecule has 0 N–H and O–H groups in total. The van der Waals surface area contributed by atoms with Crippen LogP contribution in [0.1, 0.15) is 84.5 Å². The fraction of sp³-hybridized carbons (Fsp3) is 0.938. The van der Waals surface area contributed by atoms with E-state index in [0.717, 1.165) is 13.0 Å². The van der Waals surface area contributed by atoms with Gasteiger partial charge in [-0.2, -0.15) is 0 Å². The maximum absolute atomic E-state index is 5.60. The largest absolute Gasteiger partial charge is 0.379 e. The molecule has 1 unspecified atom stereocenters. The second-order valence-electron chi connectivity index (χ2n) is 5.15. The van der Waals surface area contributed by atoms with Crippen molar-refractivity contribution in [3.8, 4) is 0 Å². The number of rotatable bonds is 13. The van der Waals surface area contributed by atoms with Crippen molar-refractivity contribution in [1.82, 2.24) is 0 Å². The molecule has 0 aliphatic carbocycles. The molecule has 0 aliphatic heterocycles. The molecule has 0 rings (SSSR count). The number of ether oxygens (including phenoxy) is 1. The van der Waals surface area contributed by atoms with E-state index in [1.807, 2.05) is 0 Å². The topological polar surface area (TPSA) is 9.23 Å². The van der Waals surface area contributed by atoms with Gasteiger partial charge >= 0.3 is 0 Å². The normalized spacial score (nSPS) is 12.9.